The smallest absolute Gasteiger partial charge is 0.230 e. The molecular formula is C13H15BrN2O. The number of hydrogen-bond acceptors (Lipinski definition) is 2. The molecule has 0 saturated heterocycles. The zero-order valence-electron chi connectivity index (χ0n) is 10.2. The highest BCUT2D eigenvalue weighted by atomic mass is 79.9. The van der Waals surface area contributed by atoms with Crippen molar-refractivity contribution in [2.45, 2.75) is 27.2 Å². The highest BCUT2D eigenvalue weighted by Gasteiger charge is 2.25. The molecule has 17 heavy (non-hydrogen) atoms. The fourth-order valence-electron chi connectivity index (χ4n) is 1.17. The molecule has 0 unspecified atom stereocenters. The molecule has 1 aromatic rings. The molecule has 1 rings (SSSR count). The topological polar surface area (TPSA) is 52.9 Å². The Balaban J connectivity index is 2.97. The predicted molar refractivity (Wildman–Crippen MR) is 71.6 cm³/mol. The van der Waals surface area contributed by atoms with E-state index in [0.29, 0.717) is 11.3 Å². The lowest BCUT2D eigenvalue weighted by Crippen LogP contribution is -2.30. The van der Waals surface area contributed by atoms with Crippen LogP contribution in [0.2, 0.25) is 0 Å². The maximum absolute atomic E-state index is 12.0. The van der Waals surface area contributed by atoms with Crippen molar-refractivity contribution >= 4 is 27.5 Å². The second-order valence-electron chi connectivity index (χ2n) is 4.49. The van der Waals surface area contributed by atoms with Crippen LogP contribution >= 0.6 is 15.9 Å². The van der Waals surface area contributed by atoms with Crippen LogP contribution in [-0.2, 0) is 4.79 Å². The molecule has 0 saturated carbocycles. The SMILES string of the molecule is CCC(C)(C)C(=O)Nc1ccc(Br)cc1C#N. The van der Waals surface area contributed by atoms with Crippen LogP contribution < -0.4 is 5.32 Å². The number of carbonyl (C=O) groups is 1. The van der Waals surface area contributed by atoms with E-state index < -0.39 is 5.41 Å². The van der Waals surface area contributed by atoms with Gasteiger partial charge in [0.2, 0.25) is 5.91 Å². The van der Waals surface area contributed by atoms with E-state index in [1.54, 1.807) is 18.2 Å². The molecule has 0 heterocycles. The second kappa shape index (κ2) is 5.33. The molecule has 3 nitrogen and oxygen atoms in total. The van der Waals surface area contributed by atoms with Crippen molar-refractivity contribution in [2.24, 2.45) is 5.41 Å². The normalized spacial score (nSPS) is 10.8. The maximum atomic E-state index is 12.0. The summed E-state index contributed by atoms with van der Waals surface area (Å²) in [6.07, 6.45) is 0.747. The molecule has 0 fully saturated rings. The average Bonchev–Trinajstić information content (AvgIpc) is 2.31. The van der Waals surface area contributed by atoms with Gasteiger partial charge in [0.05, 0.1) is 11.3 Å². The van der Waals surface area contributed by atoms with Gasteiger partial charge in [0.15, 0.2) is 0 Å². The standard InChI is InChI=1S/C13H15BrN2O/c1-4-13(2,3)12(17)16-11-6-5-10(14)7-9(11)8-15/h5-7H,4H2,1-3H3,(H,16,17). The van der Waals surface area contributed by atoms with Gasteiger partial charge >= 0.3 is 0 Å². The van der Waals surface area contributed by atoms with E-state index >= 15 is 0 Å². The first-order valence-electron chi connectivity index (χ1n) is 5.42. The molecule has 1 amide bonds. The third kappa shape index (κ3) is 3.31. The summed E-state index contributed by atoms with van der Waals surface area (Å²) < 4.78 is 0.821. The number of carbonyl (C=O) groups excluding carboxylic acids is 1. The first kappa shape index (κ1) is 13.7. The number of hydrogen-bond donors (Lipinski definition) is 1. The lowest BCUT2D eigenvalue weighted by molar-refractivity contribution is -0.124. The van der Waals surface area contributed by atoms with Crippen LogP contribution in [-0.4, -0.2) is 5.91 Å². The lowest BCUT2D eigenvalue weighted by atomic mass is 9.89. The van der Waals surface area contributed by atoms with Crippen LogP contribution in [0.1, 0.15) is 32.8 Å². The van der Waals surface area contributed by atoms with E-state index in [4.69, 9.17) is 5.26 Å². The molecule has 0 spiro atoms. The molecule has 0 aliphatic rings. The number of nitrogens with zero attached hydrogens (tertiary/aromatic N) is 1. The molecule has 0 radical (unpaired) electrons. The van der Waals surface area contributed by atoms with Gasteiger partial charge < -0.3 is 5.32 Å². The molecule has 0 bridgehead atoms. The van der Waals surface area contributed by atoms with E-state index in [2.05, 4.69) is 27.3 Å². The van der Waals surface area contributed by atoms with Gasteiger partial charge in [-0.15, -0.1) is 0 Å². The third-order valence-corrected chi connectivity index (χ3v) is 3.34. The zero-order chi connectivity index (χ0) is 13.1. The van der Waals surface area contributed by atoms with Crippen molar-refractivity contribution < 1.29 is 4.79 Å². The Morgan fingerprint density at radius 2 is 2.18 bits per heavy atom. The van der Waals surface area contributed by atoms with E-state index in [9.17, 15) is 4.79 Å². The maximum Gasteiger partial charge on any atom is 0.230 e. The minimum Gasteiger partial charge on any atom is -0.324 e. The number of nitriles is 1. The van der Waals surface area contributed by atoms with Gasteiger partial charge in [0, 0.05) is 9.89 Å². The van der Waals surface area contributed by atoms with Crippen LogP contribution in [0.3, 0.4) is 0 Å². The van der Waals surface area contributed by atoms with Crippen LogP contribution in [0.5, 0.6) is 0 Å². The Bertz CT molecular complexity index is 475. The Labute approximate surface area is 110 Å². The molecule has 0 aliphatic heterocycles. The lowest BCUT2D eigenvalue weighted by Gasteiger charge is -2.21. The Hall–Kier alpha value is -1.34. The number of benzene rings is 1. The van der Waals surface area contributed by atoms with Crippen molar-refractivity contribution in [1.29, 1.82) is 5.26 Å². The number of halogens is 1. The van der Waals surface area contributed by atoms with Crippen LogP contribution in [0.4, 0.5) is 5.69 Å². The Morgan fingerprint density at radius 3 is 2.71 bits per heavy atom. The van der Waals surface area contributed by atoms with Crippen LogP contribution in [0, 0.1) is 16.7 Å². The molecule has 0 atom stereocenters. The van der Waals surface area contributed by atoms with Crippen molar-refractivity contribution in [2.75, 3.05) is 5.32 Å². The van der Waals surface area contributed by atoms with Crippen molar-refractivity contribution in [3.8, 4) is 6.07 Å². The van der Waals surface area contributed by atoms with E-state index in [1.165, 1.54) is 0 Å². The van der Waals surface area contributed by atoms with Crippen LogP contribution in [0.15, 0.2) is 22.7 Å². The molecule has 0 aliphatic carbocycles. The summed E-state index contributed by atoms with van der Waals surface area (Å²) >= 11 is 3.29. The minimum absolute atomic E-state index is 0.0705. The summed E-state index contributed by atoms with van der Waals surface area (Å²) in [7, 11) is 0. The fraction of sp³-hybridized carbons (Fsp3) is 0.385. The fourth-order valence-corrected chi connectivity index (χ4v) is 1.53. The van der Waals surface area contributed by atoms with Gasteiger partial charge in [-0.25, -0.2) is 0 Å². The van der Waals surface area contributed by atoms with E-state index in [1.807, 2.05) is 20.8 Å². The summed E-state index contributed by atoms with van der Waals surface area (Å²) in [5.74, 6) is -0.0705. The number of nitrogens with one attached hydrogen (secondary N) is 1. The highest BCUT2D eigenvalue weighted by Crippen LogP contribution is 2.25. The van der Waals surface area contributed by atoms with Gasteiger partial charge in [0.1, 0.15) is 6.07 Å². The van der Waals surface area contributed by atoms with Gasteiger partial charge in [-0.3, -0.25) is 4.79 Å². The first-order valence-corrected chi connectivity index (χ1v) is 6.21. The monoisotopic (exact) mass is 294 g/mol. The summed E-state index contributed by atoms with van der Waals surface area (Å²) in [6.45, 7) is 5.73. The van der Waals surface area contributed by atoms with Gasteiger partial charge in [-0.05, 0) is 24.6 Å². The summed E-state index contributed by atoms with van der Waals surface area (Å²) in [6, 6.07) is 7.28. The molecule has 4 heteroatoms. The quantitative estimate of drug-likeness (QED) is 0.924. The van der Waals surface area contributed by atoms with E-state index in [0.717, 1.165) is 10.9 Å². The van der Waals surface area contributed by atoms with Gasteiger partial charge in [-0.1, -0.05) is 36.7 Å². The summed E-state index contributed by atoms with van der Waals surface area (Å²) in [5, 5.41) is 11.8. The molecule has 1 aromatic carbocycles. The number of anilines is 1. The number of amides is 1. The van der Waals surface area contributed by atoms with E-state index in [-0.39, 0.29) is 5.91 Å². The Morgan fingerprint density at radius 1 is 1.53 bits per heavy atom. The second-order valence-corrected chi connectivity index (χ2v) is 5.41. The minimum atomic E-state index is -0.431. The summed E-state index contributed by atoms with van der Waals surface area (Å²) in [5.41, 5.74) is 0.585. The van der Waals surface area contributed by atoms with Crippen molar-refractivity contribution in [3.05, 3.63) is 28.2 Å². The van der Waals surface area contributed by atoms with Crippen molar-refractivity contribution in [3.63, 3.8) is 0 Å². The highest BCUT2D eigenvalue weighted by molar-refractivity contribution is 9.10. The number of rotatable bonds is 3. The molecule has 0 aromatic heterocycles. The average molecular weight is 295 g/mol. The summed E-state index contributed by atoms with van der Waals surface area (Å²) in [4.78, 5) is 12.0. The van der Waals surface area contributed by atoms with Gasteiger partial charge in [0.25, 0.3) is 0 Å². The van der Waals surface area contributed by atoms with Crippen LogP contribution in [0.25, 0.3) is 0 Å². The third-order valence-electron chi connectivity index (χ3n) is 2.85. The molecule has 1 N–H and O–H groups in total. The largest absolute Gasteiger partial charge is 0.324 e. The van der Waals surface area contributed by atoms with Crippen molar-refractivity contribution in [1.82, 2.24) is 0 Å². The predicted octanol–water partition coefficient (Wildman–Crippen LogP) is 3.70. The first-order chi connectivity index (χ1) is 7.90. The Kier molecular flexibility index (Phi) is 4.30. The zero-order valence-corrected chi connectivity index (χ0v) is 11.8. The molecular weight excluding hydrogens is 280 g/mol. The van der Waals surface area contributed by atoms with Gasteiger partial charge in [-0.2, -0.15) is 5.26 Å². The molecule has 90 valence electrons.